The summed E-state index contributed by atoms with van der Waals surface area (Å²) in [4.78, 5) is 11.9. The van der Waals surface area contributed by atoms with E-state index in [4.69, 9.17) is 0 Å². The Morgan fingerprint density at radius 3 is 2.72 bits per heavy atom. The Morgan fingerprint density at radius 1 is 1.24 bits per heavy atom. The van der Waals surface area contributed by atoms with Gasteiger partial charge in [0.25, 0.3) is 0 Å². The molecule has 0 bridgehead atoms. The van der Waals surface area contributed by atoms with Crippen molar-refractivity contribution >= 4 is 5.78 Å². The van der Waals surface area contributed by atoms with Gasteiger partial charge in [-0.05, 0) is 68.6 Å². The lowest BCUT2D eigenvalue weighted by atomic mass is 9.50. The summed E-state index contributed by atoms with van der Waals surface area (Å²) in [5.74, 6) is 9.40. The molecule has 0 radical (unpaired) electrons. The standard InChI is InChI=1S/C23H32O2/c1-5-9-23(25)15(3)12-20-21-14(2)11-16-13-17(24)6-7-18(16)19(21)8-10-22(20,23)4/h14-15,19-21,25H,6-8,10-13H2,1-4H3/t14?,15-,19-,20+,21-,22+,23-/m1/s1. The van der Waals surface area contributed by atoms with Crippen molar-refractivity contribution in [3.05, 3.63) is 11.1 Å². The van der Waals surface area contributed by atoms with Crippen LogP contribution < -0.4 is 0 Å². The van der Waals surface area contributed by atoms with E-state index in [0.29, 0.717) is 35.9 Å². The number of ketones is 1. The van der Waals surface area contributed by atoms with Crippen LogP contribution in [0.4, 0.5) is 0 Å². The Kier molecular flexibility index (Phi) is 3.97. The summed E-state index contributed by atoms with van der Waals surface area (Å²) in [6.07, 6.45) is 6.88. The van der Waals surface area contributed by atoms with Crippen molar-refractivity contribution < 1.29 is 9.90 Å². The van der Waals surface area contributed by atoms with Gasteiger partial charge in [-0.1, -0.05) is 37.8 Å². The predicted molar refractivity (Wildman–Crippen MR) is 99.7 cm³/mol. The summed E-state index contributed by atoms with van der Waals surface area (Å²) < 4.78 is 0. The lowest BCUT2D eigenvalue weighted by Crippen LogP contribution is -2.53. The summed E-state index contributed by atoms with van der Waals surface area (Å²) in [6.45, 7) is 8.75. The van der Waals surface area contributed by atoms with Gasteiger partial charge >= 0.3 is 0 Å². The molecule has 2 fully saturated rings. The highest BCUT2D eigenvalue weighted by molar-refractivity contribution is 5.82. The summed E-state index contributed by atoms with van der Waals surface area (Å²) in [7, 11) is 0. The normalized spacial score (nSPS) is 49.0. The number of allylic oxidation sites excluding steroid dienone is 2. The molecule has 0 spiro atoms. The van der Waals surface area contributed by atoms with Crippen molar-refractivity contribution in [2.24, 2.45) is 35.0 Å². The van der Waals surface area contributed by atoms with E-state index in [0.717, 1.165) is 38.5 Å². The molecule has 0 heterocycles. The molecule has 7 atom stereocenters. The van der Waals surface area contributed by atoms with Gasteiger partial charge in [0.1, 0.15) is 11.4 Å². The van der Waals surface area contributed by atoms with Gasteiger partial charge in [-0.15, -0.1) is 5.92 Å². The molecule has 4 aliphatic rings. The van der Waals surface area contributed by atoms with Crippen LogP contribution in [0.5, 0.6) is 0 Å². The Morgan fingerprint density at radius 2 is 2.00 bits per heavy atom. The molecule has 4 rings (SSSR count). The zero-order valence-electron chi connectivity index (χ0n) is 16.2. The molecule has 1 N–H and O–H groups in total. The number of aliphatic hydroxyl groups is 1. The van der Waals surface area contributed by atoms with Gasteiger partial charge in [-0.2, -0.15) is 0 Å². The van der Waals surface area contributed by atoms with Crippen molar-refractivity contribution in [3.63, 3.8) is 0 Å². The fourth-order valence-electron chi connectivity index (χ4n) is 7.27. The predicted octanol–water partition coefficient (Wildman–Crippen LogP) is 4.52. The first-order chi connectivity index (χ1) is 11.8. The zero-order chi connectivity index (χ0) is 18.0. The second kappa shape index (κ2) is 5.71. The van der Waals surface area contributed by atoms with Crippen LogP contribution in [0.25, 0.3) is 0 Å². The molecule has 0 aliphatic heterocycles. The quantitative estimate of drug-likeness (QED) is 0.520. The average molecular weight is 341 g/mol. The molecule has 136 valence electrons. The van der Waals surface area contributed by atoms with E-state index in [1.165, 1.54) is 5.57 Å². The van der Waals surface area contributed by atoms with E-state index in [-0.39, 0.29) is 11.3 Å². The first kappa shape index (κ1) is 17.3. The second-order valence-corrected chi connectivity index (χ2v) is 9.55. The van der Waals surface area contributed by atoms with Crippen LogP contribution in [-0.4, -0.2) is 16.5 Å². The monoisotopic (exact) mass is 340 g/mol. The molecule has 25 heavy (non-hydrogen) atoms. The Labute approximate surface area is 152 Å². The summed E-state index contributed by atoms with van der Waals surface area (Å²) in [5, 5.41) is 11.5. The minimum Gasteiger partial charge on any atom is -0.377 e. The number of carbonyl (C=O) groups is 1. The van der Waals surface area contributed by atoms with Crippen LogP contribution in [0, 0.1) is 46.8 Å². The van der Waals surface area contributed by atoms with Crippen LogP contribution >= 0.6 is 0 Å². The zero-order valence-corrected chi connectivity index (χ0v) is 16.2. The van der Waals surface area contributed by atoms with E-state index < -0.39 is 5.60 Å². The molecule has 2 heteroatoms. The molecule has 4 aliphatic carbocycles. The maximum absolute atomic E-state index is 11.9. The van der Waals surface area contributed by atoms with Crippen LogP contribution in [-0.2, 0) is 4.79 Å². The van der Waals surface area contributed by atoms with E-state index in [2.05, 4.69) is 32.6 Å². The molecule has 2 nitrogen and oxygen atoms in total. The van der Waals surface area contributed by atoms with Gasteiger partial charge < -0.3 is 5.11 Å². The first-order valence-electron chi connectivity index (χ1n) is 10.2. The van der Waals surface area contributed by atoms with Crippen molar-refractivity contribution in [1.82, 2.24) is 0 Å². The van der Waals surface area contributed by atoms with E-state index in [9.17, 15) is 9.90 Å². The van der Waals surface area contributed by atoms with Crippen LogP contribution in [0.3, 0.4) is 0 Å². The fourth-order valence-corrected chi connectivity index (χ4v) is 7.27. The smallest absolute Gasteiger partial charge is 0.137 e. The fraction of sp³-hybridized carbons (Fsp3) is 0.783. The summed E-state index contributed by atoms with van der Waals surface area (Å²) in [6, 6.07) is 0. The molecule has 0 aromatic rings. The van der Waals surface area contributed by atoms with Crippen molar-refractivity contribution in [3.8, 4) is 11.8 Å². The third-order valence-electron chi connectivity index (χ3n) is 8.44. The van der Waals surface area contributed by atoms with Gasteiger partial charge in [-0.25, -0.2) is 0 Å². The molecule has 0 amide bonds. The molecule has 0 aromatic heterocycles. The third kappa shape index (κ3) is 2.24. The SMILES string of the molecule is CC#C[C@@]1(O)[C@H](C)C[C@H]2[C@@H]3C(C)CC4=C(CCC(=O)C4)[C@H]3CC[C@@]21C. The molecular weight excluding hydrogens is 308 g/mol. The largest absolute Gasteiger partial charge is 0.377 e. The molecule has 1 unspecified atom stereocenters. The highest BCUT2D eigenvalue weighted by Gasteiger charge is 2.65. The average Bonchev–Trinajstić information content (AvgIpc) is 2.75. The summed E-state index contributed by atoms with van der Waals surface area (Å²) >= 11 is 0. The van der Waals surface area contributed by atoms with Crippen molar-refractivity contribution in [1.29, 1.82) is 0 Å². The molecule has 2 saturated carbocycles. The lowest BCUT2D eigenvalue weighted by molar-refractivity contribution is -0.119. The van der Waals surface area contributed by atoms with E-state index in [1.54, 1.807) is 5.57 Å². The third-order valence-corrected chi connectivity index (χ3v) is 8.44. The Bertz CT molecular complexity index is 693. The van der Waals surface area contributed by atoms with Gasteiger partial charge in [0, 0.05) is 18.3 Å². The van der Waals surface area contributed by atoms with Crippen LogP contribution in [0.1, 0.15) is 72.6 Å². The van der Waals surface area contributed by atoms with Crippen molar-refractivity contribution in [2.45, 2.75) is 78.2 Å². The number of carbonyl (C=O) groups excluding carboxylic acids is 1. The van der Waals surface area contributed by atoms with Crippen LogP contribution in [0.2, 0.25) is 0 Å². The van der Waals surface area contributed by atoms with Gasteiger partial charge in [0.05, 0.1) is 0 Å². The Balaban J connectivity index is 1.74. The first-order valence-corrected chi connectivity index (χ1v) is 10.2. The second-order valence-electron chi connectivity index (χ2n) is 9.55. The van der Waals surface area contributed by atoms with Crippen molar-refractivity contribution in [2.75, 3.05) is 0 Å². The highest BCUT2D eigenvalue weighted by Crippen LogP contribution is 2.66. The van der Waals surface area contributed by atoms with E-state index in [1.807, 2.05) is 6.92 Å². The van der Waals surface area contributed by atoms with Crippen LogP contribution in [0.15, 0.2) is 11.1 Å². The minimum atomic E-state index is -0.839. The number of hydrogen-bond acceptors (Lipinski definition) is 2. The molecule has 0 aromatic carbocycles. The maximum atomic E-state index is 11.9. The molecular formula is C23H32O2. The van der Waals surface area contributed by atoms with Gasteiger partial charge in [0.15, 0.2) is 0 Å². The Hall–Kier alpha value is -1.07. The summed E-state index contributed by atoms with van der Waals surface area (Å²) in [5.41, 5.74) is 2.18. The number of rotatable bonds is 0. The number of fused-ring (bicyclic) bond motifs is 4. The van der Waals surface area contributed by atoms with E-state index >= 15 is 0 Å². The number of Topliss-reactive ketones (excluding diaryl/α,β-unsaturated/α-hetero) is 1. The topological polar surface area (TPSA) is 37.3 Å². The molecule has 0 saturated heterocycles. The van der Waals surface area contributed by atoms with Gasteiger partial charge in [0.2, 0.25) is 0 Å². The number of hydrogen-bond donors (Lipinski definition) is 1. The lowest BCUT2D eigenvalue weighted by Gasteiger charge is -2.55. The maximum Gasteiger partial charge on any atom is 0.137 e. The van der Waals surface area contributed by atoms with Gasteiger partial charge in [-0.3, -0.25) is 4.79 Å². The highest BCUT2D eigenvalue weighted by atomic mass is 16.3. The minimum absolute atomic E-state index is 0.0899.